The highest BCUT2D eigenvalue weighted by Crippen LogP contribution is 2.13. The lowest BCUT2D eigenvalue weighted by atomic mass is 10.3. The van der Waals surface area contributed by atoms with E-state index < -0.39 is 17.6 Å². The van der Waals surface area contributed by atoms with E-state index in [1.807, 2.05) is 6.92 Å². The Labute approximate surface area is 113 Å². The number of carboxylic acid groups (broad SMARTS) is 1. The number of amides is 1. The minimum Gasteiger partial charge on any atom is -0.478 e. The third-order valence-electron chi connectivity index (χ3n) is 2.24. The molecule has 0 fully saturated rings. The van der Waals surface area contributed by atoms with Crippen molar-refractivity contribution in [1.82, 2.24) is 10.1 Å². The Morgan fingerprint density at radius 3 is 2.80 bits per heavy atom. The molecule has 104 valence electrons. The summed E-state index contributed by atoms with van der Waals surface area (Å²) in [7, 11) is 0. The summed E-state index contributed by atoms with van der Waals surface area (Å²) in [4.78, 5) is 26.4. The number of nitrogens with zero attached hydrogens (tertiary/aromatic N) is 2. The number of anilines is 1. The lowest BCUT2D eigenvalue weighted by molar-refractivity contribution is 0.0651. The number of carboxylic acids is 1. The summed E-state index contributed by atoms with van der Waals surface area (Å²) >= 11 is 0. The molecule has 0 saturated carbocycles. The van der Waals surface area contributed by atoms with Gasteiger partial charge in [-0.25, -0.2) is 9.78 Å². The first-order valence-corrected chi connectivity index (χ1v) is 5.70. The van der Waals surface area contributed by atoms with Crippen LogP contribution in [0.2, 0.25) is 0 Å². The van der Waals surface area contributed by atoms with Gasteiger partial charge in [0.2, 0.25) is 11.6 Å². The summed E-state index contributed by atoms with van der Waals surface area (Å²) in [6.45, 7) is 2.33. The van der Waals surface area contributed by atoms with Gasteiger partial charge in [0.05, 0.1) is 18.5 Å². The maximum Gasteiger partial charge on any atom is 0.374 e. The zero-order valence-electron chi connectivity index (χ0n) is 10.5. The number of nitrogens with one attached hydrogen (secondary N) is 1. The molecular formula is C12H11N3O5. The Morgan fingerprint density at radius 2 is 2.25 bits per heavy atom. The molecule has 2 aromatic rings. The van der Waals surface area contributed by atoms with Crippen molar-refractivity contribution in [3.63, 3.8) is 0 Å². The summed E-state index contributed by atoms with van der Waals surface area (Å²) in [6.07, 6.45) is 1.42. The normalized spacial score (nSPS) is 10.1. The predicted octanol–water partition coefficient (Wildman–Crippen LogP) is 1.42. The van der Waals surface area contributed by atoms with Gasteiger partial charge >= 0.3 is 5.97 Å². The quantitative estimate of drug-likeness (QED) is 0.849. The first kappa shape index (κ1) is 13.5. The van der Waals surface area contributed by atoms with Crippen molar-refractivity contribution < 1.29 is 24.0 Å². The Hall–Kier alpha value is -2.90. The highest BCUT2D eigenvalue weighted by atomic mass is 16.5. The molecule has 8 nitrogen and oxygen atoms in total. The minimum absolute atomic E-state index is 0.128. The Bertz CT molecular complexity index is 620. The molecular weight excluding hydrogens is 266 g/mol. The number of pyridine rings is 1. The molecule has 8 heteroatoms. The number of aromatic carboxylic acids is 1. The zero-order chi connectivity index (χ0) is 14.5. The first-order valence-electron chi connectivity index (χ1n) is 5.70. The second kappa shape index (κ2) is 5.83. The maximum absolute atomic E-state index is 11.8. The fraction of sp³-hybridized carbons (Fsp3) is 0.167. The van der Waals surface area contributed by atoms with Gasteiger partial charge < -0.3 is 19.7 Å². The van der Waals surface area contributed by atoms with Crippen LogP contribution in [0.4, 0.5) is 5.69 Å². The molecule has 2 aromatic heterocycles. The van der Waals surface area contributed by atoms with Crippen LogP contribution in [0.1, 0.15) is 28.0 Å². The molecule has 20 heavy (non-hydrogen) atoms. The molecule has 2 rings (SSSR count). The van der Waals surface area contributed by atoms with Crippen molar-refractivity contribution in [3.05, 3.63) is 35.9 Å². The van der Waals surface area contributed by atoms with Gasteiger partial charge in [0.15, 0.2) is 5.69 Å². The number of hydrogen-bond acceptors (Lipinski definition) is 6. The molecule has 0 aliphatic heterocycles. The Balaban J connectivity index is 2.04. The number of ether oxygens (including phenoxy) is 1. The van der Waals surface area contributed by atoms with E-state index in [0.717, 1.165) is 6.07 Å². The maximum atomic E-state index is 11.8. The second-order valence-corrected chi connectivity index (χ2v) is 3.65. The largest absolute Gasteiger partial charge is 0.478 e. The van der Waals surface area contributed by atoms with E-state index in [1.165, 1.54) is 6.20 Å². The third kappa shape index (κ3) is 3.10. The molecule has 0 aliphatic rings. The summed E-state index contributed by atoms with van der Waals surface area (Å²) in [5.74, 6) is -1.84. The van der Waals surface area contributed by atoms with Gasteiger partial charge in [-0.15, -0.1) is 0 Å². The predicted molar refractivity (Wildman–Crippen MR) is 66.8 cm³/mol. The molecule has 0 aliphatic carbocycles. The molecule has 0 bridgehead atoms. The molecule has 0 atom stereocenters. The van der Waals surface area contributed by atoms with E-state index in [0.29, 0.717) is 18.2 Å². The van der Waals surface area contributed by atoms with Crippen molar-refractivity contribution in [2.45, 2.75) is 6.92 Å². The SMILES string of the molecule is CCOc1ccc(NC(=O)c2cc(C(=O)O)on2)cn1. The lowest BCUT2D eigenvalue weighted by Crippen LogP contribution is -2.12. The van der Waals surface area contributed by atoms with Gasteiger partial charge in [0.1, 0.15) is 0 Å². The van der Waals surface area contributed by atoms with Crippen LogP contribution >= 0.6 is 0 Å². The second-order valence-electron chi connectivity index (χ2n) is 3.65. The number of hydrogen-bond donors (Lipinski definition) is 2. The summed E-state index contributed by atoms with van der Waals surface area (Å²) < 4.78 is 9.65. The number of carbonyl (C=O) groups is 2. The Kier molecular flexibility index (Phi) is 3.94. The summed E-state index contributed by atoms with van der Waals surface area (Å²) in [6, 6.07) is 4.25. The molecule has 1 amide bonds. The van der Waals surface area contributed by atoms with E-state index in [2.05, 4.69) is 20.0 Å². The standard InChI is InChI=1S/C12H11N3O5/c1-2-19-10-4-3-7(6-13-10)14-11(16)8-5-9(12(17)18)20-15-8/h3-6H,2H2,1H3,(H,14,16)(H,17,18). The van der Waals surface area contributed by atoms with Crippen molar-refractivity contribution in [1.29, 1.82) is 0 Å². The highest BCUT2D eigenvalue weighted by molar-refractivity contribution is 6.03. The molecule has 0 radical (unpaired) electrons. The van der Waals surface area contributed by atoms with Crippen molar-refractivity contribution in [2.24, 2.45) is 0 Å². The van der Waals surface area contributed by atoms with Crippen molar-refractivity contribution in [3.8, 4) is 5.88 Å². The van der Waals surface area contributed by atoms with Gasteiger partial charge in [-0.05, 0) is 13.0 Å². The van der Waals surface area contributed by atoms with Crippen LogP contribution in [0.15, 0.2) is 28.9 Å². The van der Waals surface area contributed by atoms with Crippen molar-refractivity contribution in [2.75, 3.05) is 11.9 Å². The molecule has 0 spiro atoms. The molecule has 0 aromatic carbocycles. The van der Waals surface area contributed by atoms with E-state index >= 15 is 0 Å². The van der Waals surface area contributed by atoms with Crippen LogP contribution in [0.25, 0.3) is 0 Å². The first-order chi connectivity index (χ1) is 9.60. The zero-order valence-corrected chi connectivity index (χ0v) is 10.5. The smallest absolute Gasteiger partial charge is 0.374 e. The van der Waals surface area contributed by atoms with Crippen LogP contribution in [0.3, 0.4) is 0 Å². The fourth-order valence-electron chi connectivity index (χ4n) is 1.37. The highest BCUT2D eigenvalue weighted by Gasteiger charge is 2.16. The number of rotatable bonds is 5. The van der Waals surface area contributed by atoms with Gasteiger partial charge in [-0.3, -0.25) is 4.79 Å². The van der Waals surface area contributed by atoms with Crippen LogP contribution in [-0.4, -0.2) is 33.7 Å². The third-order valence-corrected chi connectivity index (χ3v) is 2.24. The summed E-state index contributed by atoms with van der Waals surface area (Å²) in [5.41, 5.74) is 0.301. The Morgan fingerprint density at radius 1 is 1.45 bits per heavy atom. The van der Waals surface area contributed by atoms with E-state index in [9.17, 15) is 9.59 Å². The summed E-state index contributed by atoms with van der Waals surface area (Å²) in [5, 5.41) is 14.5. The van der Waals surface area contributed by atoms with Crippen LogP contribution in [-0.2, 0) is 0 Å². The lowest BCUT2D eigenvalue weighted by Gasteiger charge is -2.04. The van der Waals surface area contributed by atoms with Crippen molar-refractivity contribution >= 4 is 17.6 Å². The van der Waals surface area contributed by atoms with Gasteiger partial charge in [0.25, 0.3) is 5.91 Å². The van der Waals surface area contributed by atoms with Gasteiger partial charge in [-0.2, -0.15) is 0 Å². The van der Waals surface area contributed by atoms with E-state index in [1.54, 1.807) is 12.1 Å². The fourth-order valence-corrected chi connectivity index (χ4v) is 1.37. The average molecular weight is 277 g/mol. The minimum atomic E-state index is -1.29. The molecule has 2 N–H and O–H groups in total. The van der Waals surface area contributed by atoms with Crippen LogP contribution < -0.4 is 10.1 Å². The number of carbonyl (C=O) groups excluding carboxylic acids is 1. The molecule has 0 saturated heterocycles. The number of aromatic nitrogens is 2. The van der Waals surface area contributed by atoms with Crippen LogP contribution in [0.5, 0.6) is 5.88 Å². The van der Waals surface area contributed by atoms with E-state index in [4.69, 9.17) is 9.84 Å². The molecule has 2 heterocycles. The monoisotopic (exact) mass is 277 g/mol. The molecule has 0 unspecified atom stereocenters. The topological polar surface area (TPSA) is 115 Å². The van der Waals surface area contributed by atoms with E-state index in [-0.39, 0.29) is 5.69 Å². The average Bonchev–Trinajstić information content (AvgIpc) is 2.91. The van der Waals surface area contributed by atoms with Gasteiger partial charge in [-0.1, -0.05) is 5.16 Å². The van der Waals surface area contributed by atoms with Crippen LogP contribution in [0, 0.1) is 0 Å². The van der Waals surface area contributed by atoms with Gasteiger partial charge in [0, 0.05) is 12.1 Å².